The van der Waals surface area contributed by atoms with E-state index in [0.29, 0.717) is 5.56 Å². The van der Waals surface area contributed by atoms with Crippen molar-refractivity contribution in [2.24, 2.45) is 0 Å². The second-order valence-electron chi connectivity index (χ2n) is 5.31. The van der Waals surface area contributed by atoms with Crippen LogP contribution in [0.5, 0.6) is 5.75 Å². The largest absolute Gasteiger partial charge is 0.434 e. The van der Waals surface area contributed by atoms with E-state index in [1.165, 1.54) is 6.07 Å². The number of benzene rings is 1. The molecule has 1 amide bonds. The fourth-order valence-corrected chi connectivity index (χ4v) is 2.68. The third kappa shape index (κ3) is 3.49. The summed E-state index contributed by atoms with van der Waals surface area (Å²) in [5, 5.41) is 6.52. The first-order valence-corrected chi connectivity index (χ1v) is 7.43. The zero-order chi connectivity index (χ0) is 16.2. The quantitative estimate of drug-likeness (QED) is 0.919. The number of ether oxygens (including phenoxy) is 1. The number of hydrogen-bond donors (Lipinski definition) is 1. The first-order valence-electron chi connectivity index (χ1n) is 7.43. The number of aromatic nitrogens is 1. The SMILES string of the molecule is O=C(NCc1ccccc1OC(F)F)c1noc2c1CCCC2. The minimum Gasteiger partial charge on any atom is -0.434 e. The van der Waals surface area contributed by atoms with Gasteiger partial charge < -0.3 is 14.6 Å². The molecule has 1 aliphatic carbocycles. The highest BCUT2D eigenvalue weighted by Crippen LogP contribution is 2.24. The number of nitrogens with one attached hydrogen (secondary N) is 1. The van der Waals surface area contributed by atoms with Gasteiger partial charge in [-0.05, 0) is 25.3 Å². The molecule has 1 aromatic heterocycles. The van der Waals surface area contributed by atoms with E-state index >= 15 is 0 Å². The molecule has 0 bridgehead atoms. The Bertz CT molecular complexity index is 700. The van der Waals surface area contributed by atoms with Gasteiger partial charge in [-0.1, -0.05) is 23.4 Å². The van der Waals surface area contributed by atoms with Crippen molar-refractivity contribution in [3.05, 3.63) is 46.8 Å². The van der Waals surface area contributed by atoms with Crippen molar-refractivity contribution in [3.63, 3.8) is 0 Å². The van der Waals surface area contributed by atoms with Gasteiger partial charge in [0.25, 0.3) is 5.91 Å². The van der Waals surface area contributed by atoms with E-state index < -0.39 is 6.61 Å². The molecule has 0 aliphatic heterocycles. The number of alkyl halides is 2. The van der Waals surface area contributed by atoms with Gasteiger partial charge in [-0.15, -0.1) is 0 Å². The van der Waals surface area contributed by atoms with Crippen molar-refractivity contribution in [2.45, 2.75) is 38.8 Å². The van der Waals surface area contributed by atoms with E-state index in [2.05, 4.69) is 15.2 Å². The van der Waals surface area contributed by atoms with Crippen molar-refractivity contribution in [2.75, 3.05) is 0 Å². The molecule has 0 fully saturated rings. The molecule has 2 aromatic rings. The van der Waals surface area contributed by atoms with Gasteiger partial charge in [0.05, 0.1) is 0 Å². The highest BCUT2D eigenvalue weighted by atomic mass is 19.3. The number of amides is 1. The number of carbonyl (C=O) groups excluding carboxylic acids is 1. The molecule has 5 nitrogen and oxygen atoms in total. The number of rotatable bonds is 5. The molecule has 0 saturated carbocycles. The normalized spacial score (nSPS) is 13.7. The predicted octanol–water partition coefficient (Wildman–Crippen LogP) is 3.08. The summed E-state index contributed by atoms with van der Waals surface area (Å²) in [5.41, 5.74) is 1.61. The van der Waals surface area contributed by atoms with Crippen LogP contribution in [0, 0.1) is 0 Å². The van der Waals surface area contributed by atoms with Gasteiger partial charge in [-0.2, -0.15) is 8.78 Å². The number of carbonyl (C=O) groups is 1. The lowest BCUT2D eigenvalue weighted by molar-refractivity contribution is -0.0504. The van der Waals surface area contributed by atoms with Crippen LogP contribution in [0.1, 0.15) is 40.2 Å². The van der Waals surface area contributed by atoms with Crippen molar-refractivity contribution in [3.8, 4) is 5.75 Å². The Morgan fingerprint density at radius 1 is 1.30 bits per heavy atom. The summed E-state index contributed by atoms with van der Waals surface area (Å²) < 4.78 is 34.4. The van der Waals surface area contributed by atoms with Crippen molar-refractivity contribution in [1.82, 2.24) is 10.5 Å². The van der Waals surface area contributed by atoms with Gasteiger partial charge in [0.1, 0.15) is 11.5 Å². The van der Waals surface area contributed by atoms with Gasteiger partial charge in [-0.25, -0.2) is 0 Å². The molecule has 23 heavy (non-hydrogen) atoms. The fraction of sp³-hybridized carbons (Fsp3) is 0.375. The number of nitrogens with zero attached hydrogens (tertiary/aromatic N) is 1. The maximum absolute atomic E-state index is 12.4. The lowest BCUT2D eigenvalue weighted by Gasteiger charge is -2.12. The van der Waals surface area contributed by atoms with E-state index in [1.54, 1.807) is 18.2 Å². The van der Waals surface area contributed by atoms with Crippen LogP contribution in [0.4, 0.5) is 8.78 Å². The van der Waals surface area contributed by atoms with Crippen LogP contribution in [0.25, 0.3) is 0 Å². The van der Waals surface area contributed by atoms with E-state index in [1.807, 2.05) is 0 Å². The van der Waals surface area contributed by atoms with Crippen LogP contribution in [0.2, 0.25) is 0 Å². The standard InChI is InChI=1S/C16H16F2N2O3/c17-16(18)22-12-7-3-1-5-10(12)9-19-15(21)14-11-6-2-4-8-13(11)23-20-14/h1,3,5,7,16H,2,4,6,8-9H2,(H,19,21). The lowest BCUT2D eigenvalue weighted by atomic mass is 9.96. The summed E-state index contributed by atoms with van der Waals surface area (Å²) in [6.07, 6.45) is 3.59. The van der Waals surface area contributed by atoms with Crippen LogP contribution in [0.15, 0.2) is 28.8 Å². The second kappa shape index (κ2) is 6.76. The minimum absolute atomic E-state index is 0.0463. The lowest BCUT2D eigenvalue weighted by Crippen LogP contribution is -2.25. The van der Waals surface area contributed by atoms with Crippen LogP contribution in [-0.4, -0.2) is 17.7 Å². The fourth-order valence-electron chi connectivity index (χ4n) is 2.68. The van der Waals surface area contributed by atoms with Crippen molar-refractivity contribution >= 4 is 5.91 Å². The maximum Gasteiger partial charge on any atom is 0.387 e. The molecule has 122 valence electrons. The summed E-state index contributed by atoms with van der Waals surface area (Å²) in [6.45, 7) is -2.84. The van der Waals surface area contributed by atoms with Gasteiger partial charge in [0, 0.05) is 24.1 Å². The molecule has 0 unspecified atom stereocenters. The molecule has 0 radical (unpaired) electrons. The highest BCUT2D eigenvalue weighted by molar-refractivity contribution is 5.93. The van der Waals surface area contributed by atoms with Gasteiger partial charge in [-0.3, -0.25) is 4.79 Å². The molecule has 3 rings (SSSR count). The molecule has 0 spiro atoms. The average molecular weight is 322 g/mol. The highest BCUT2D eigenvalue weighted by Gasteiger charge is 2.24. The van der Waals surface area contributed by atoms with Crippen LogP contribution < -0.4 is 10.1 Å². The maximum atomic E-state index is 12.4. The van der Waals surface area contributed by atoms with Crippen molar-refractivity contribution in [1.29, 1.82) is 0 Å². The molecule has 1 N–H and O–H groups in total. The van der Waals surface area contributed by atoms with E-state index in [0.717, 1.165) is 37.0 Å². The Kier molecular flexibility index (Phi) is 4.55. The number of aryl methyl sites for hydroxylation is 1. The molecule has 7 heteroatoms. The topological polar surface area (TPSA) is 64.4 Å². The number of fused-ring (bicyclic) bond motifs is 1. The third-order valence-corrected chi connectivity index (χ3v) is 3.79. The van der Waals surface area contributed by atoms with E-state index in [4.69, 9.17) is 4.52 Å². The van der Waals surface area contributed by atoms with Gasteiger partial charge in [0.15, 0.2) is 5.69 Å². The summed E-state index contributed by atoms with van der Waals surface area (Å²) >= 11 is 0. The Morgan fingerprint density at radius 2 is 2.09 bits per heavy atom. The Balaban J connectivity index is 1.69. The van der Waals surface area contributed by atoms with E-state index in [9.17, 15) is 13.6 Å². The van der Waals surface area contributed by atoms with E-state index in [-0.39, 0.29) is 23.9 Å². The average Bonchev–Trinajstić information content (AvgIpc) is 2.97. The molecule has 1 aliphatic rings. The Hall–Kier alpha value is -2.44. The van der Waals surface area contributed by atoms with Crippen LogP contribution in [0.3, 0.4) is 0 Å². The zero-order valence-electron chi connectivity index (χ0n) is 12.4. The second-order valence-corrected chi connectivity index (χ2v) is 5.31. The summed E-state index contributed by atoms with van der Waals surface area (Å²) in [6, 6.07) is 6.34. The molecule has 0 atom stereocenters. The summed E-state index contributed by atoms with van der Waals surface area (Å²) in [7, 11) is 0. The zero-order valence-corrected chi connectivity index (χ0v) is 12.4. The van der Waals surface area contributed by atoms with Crippen LogP contribution >= 0.6 is 0 Å². The monoisotopic (exact) mass is 322 g/mol. The first-order chi connectivity index (χ1) is 11.1. The Morgan fingerprint density at radius 3 is 2.91 bits per heavy atom. The van der Waals surface area contributed by atoms with Gasteiger partial charge >= 0.3 is 6.61 Å². The Labute approximate surface area is 131 Å². The number of hydrogen-bond acceptors (Lipinski definition) is 4. The van der Waals surface area contributed by atoms with Crippen molar-refractivity contribution < 1.29 is 22.8 Å². The van der Waals surface area contributed by atoms with Gasteiger partial charge in [0.2, 0.25) is 0 Å². The van der Waals surface area contributed by atoms with Crippen LogP contribution in [-0.2, 0) is 19.4 Å². The molecule has 0 saturated heterocycles. The first kappa shape index (κ1) is 15.5. The predicted molar refractivity (Wildman–Crippen MR) is 77.4 cm³/mol. The number of para-hydroxylation sites is 1. The number of halogens is 2. The molecular formula is C16H16F2N2O3. The molecule has 1 heterocycles. The minimum atomic E-state index is -2.91. The molecular weight excluding hydrogens is 306 g/mol. The third-order valence-electron chi connectivity index (χ3n) is 3.79. The molecule has 1 aromatic carbocycles. The summed E-state index contributed by atoms with van der Waals surface area (Å²) in [5.74, 6) is 0.441. The summed E-state index contributed by atoms with van der Waals surface area (Å²) in [4.78, 5) is 12.3. The smallest absolute Gasteiger partial charge is 0.387 e.